The fourth-order valence-electron chi connectivity index (χ4n) is 1.39. The van der Waals surface area contributed by atoms with E-state index < -0.39 is 6.67 Å². The van der Waals surface area contributed by atoms with Crippen LogP contribution in [0.1, 0.15) is 25.0 Å². The molecule has 0 atom stereocenters. The summed E-state index contributed by atoms with van der Waals surface area (Å²) in [7, 11) is 0. The minimum Gasteiger partial charge on any atom is -0.494 e. The molecule has 1 aromatic carbocycles. The Balaban J connectivity index is 2.95. The monoisotopic (exact) mass is 195 g/mol. The molecule has 0 N–H and O–H groups in total. The predicted octanol–water partition coefficient (Wildman–Crippen LogP) is 3.31. The van der Waals surface area contributed by atoms with Crippen LogP contribution in [0.25, 0.3) is 0 Å². The van der Waals surface area contributed by atoms with Crippen molar-refractivity contribution in [3.63, 3.8) is 0 Å². The quantitative estimate of drug-likeness (QED) is 0.716. The van der Waals surface area contributed by atoms with Crippen LogP contribution in [0.2, 0.25) is 0 Å². The average molecular weight is 195 g/mol. The fourth-order valence-corrected chi connectivity index (χ4v) is 1.39. The van der Waals surface area contributed by atoms with E-state index >= 15 is 0 Å². The third-order valence-electron chi connectivity index (χ3n) is 2.18. The molecule has 0 bridgehead atoms. The molecule has 1 rings (SSSR count). The first kappa shape index (κ1) is 11.0. The summed E-state index contributed by atoms with van der Waals surface area (Å²) >= 11 is 0. The molecule has 1 radical (unpaired) electrons. The Morgan fingerprint density at radius 1 is 1.43 bits per heavy atom. The van der Waals surface area contributed by atoms with Gasteiger partial charge in [-0.15, -0.1) is 0 Å². The van der Waals surface area contributed by atoms with Gasteiger partial charge in [-0.3, -0.25) is 4.39 Å². The van der Waals surface area contributed by atoms with Crippen molar-refractivity contribution in [2.75, 3.05) is 13.3 Å². The molecule has 2 heteroatoms. The summed E-state index contributed by atoms with van der Waals surface area (Å²) in [6.45, 7) is 5.95. The lowest BCUT2D eigenvalue weighted by atomic mass is 9.97. The maximum Gasteiger partial charge on any atom is 0.119 e. The van der Waals surface area contributed by atoms with E-state index in [2.05, 4.69) is 0 Å². The molecular weight excluding hydrogens is 179 g/mol. The predicted molar refractivity (Wildman–Crippen MR) is 56.3 cm³/mol. The summed E-state index contributed by atoms with van der Waals surface area (Å²) in [5, 5.41) is 0. The van der Waals surface area contributed by atoms with Crippen molar-refractivity contribution in [1.82, 2.24) is 0 Å². The Kier molecular flexibility index (Phi) is 3.93. The standard InChI is InChI=1S/C12H16FO/c1-4-14-11-6-5-9(2)12(7-11)10(3)8-13/h5-7H,4,8H2,1-3H3. The van der Waals surface area contributed by atoms with Crippen molar-refractivity contribution >= 4 is 0 Å². The average Bonchev–Trinajstić information content (AvgIpc) is 2.20. The molecule has 0 unspecified atom stereocenters. The molecule has 0 spiro atoms. The van der Waals surface area contributed by atoms with Crippen molar-refractivity contribution in [2.24, 2.45) is 0 Å². The van der Waals surface area contributed by atoms with Gasteiger partial charge in [-0.2, -0.15) is 0 Å². The normalized spacial score (nSPS) is 10.6. The van der Waals surface area contributed by atoms with Gasteiger partial charge in [0.05, 0.1) is 13.3 Å². The van der Waals surface area contributed by atoms with Crippen LogP contribution < -0.4 is 4.74 Å². The number of hydrogen-bond acceptors (Lipinski definition) is 1. The maximum absolute atomic E-state index is 12.5. The van der Waals surface area contributed by atoms with Crippen LogP contribution in [-0.4, -0.2) is 13.3 Å². The molecule has 14 heavy (non-hydrogen) atoms. The first-order valence-corrected chi connectivity index (χ1v) is 4.81. The summed E-state index contributed by atoms with van der Waals surface area (Å²) < 4.78 is 17.9. The van der Waals surface area contributed by atoms with Crippen LogP contribution in [-0.2, 0) is 0 Å². The van der Waals surface area contributed by atoms with Gasteiger partial charge in [0, 0.05) is 5.92 Å². The summed E-state index contributed by atoms with van der Waals surface area (Å²) in [5.74, 6) is 1.56. The van der Waals surface area contributed by atoms with Crippen molar-refractivity contribution in [2.45, 2.75) is 20.8 Å². The van der Waals surface area contributed by atoms with Gasteiger partial charge in [-0.25, -0.2) is 0 Å². The number of benzene rings is 1. The molecule has 0 saturated heterocycles. The van der Waals surface area contributed by atoms with Crippen LogP contribution in [0.15, 0.2) is 18.2 Å². The van der Waals surface area contributed by atoms with E-state index in [1.807, 2.05) is 32.0 Å². The first-order chi connectivity index (χ1) is 6.69. The van der Waals surface area contributed by atoms with Crippen molar-refractivity contribution in [1.29, 1.82) is 0 Å². The molecule has 1 aromatic rings. The van der Waals surface area contributed by atoms with E-state index in [0.717, 1.165) is 22.8 Å². The highest BCUT2D eigenvalue weighted by molar-refractivity contribution is 5.42. The highest BCUT2D eigenvalue weighted by Gasteiger charge is 2.09. The van der Waals surface area contributed by atoms with Gasteiger partial charge < -0.3 is 4.74 Å². The molecule has 0 aromatic heterocycles. The SMILES string of the molecule is CCOc1ccc(C)c([C](C)CF)c1. The van der Waals surface area contributed by atoms with Gasteiger partial charge in [0.1, 0.15) is 5.75 Å². The smallest absolute Gasteiger partial charge is 0.119 e. The second-order valence-corrected chi connectivity index (χ2v) is 3.32. The van der Waals surface area contributed by atoms with E-state index in [1.54, 1.807) is 6.92 Å². The Morgan fingerprint density at radius 3 is 2.71 bits per heavy atom. The number of hydrogen-bond donors (Lipinski definition) is 0. The fraction of sp³-hybridized carbons (Fsp3) is 0.417. The van der Waals surface area contributed by atoms with Gasteiger partial charge in [-0.1, -0.05) is 13.0 Å². The third kappa shape index (κ3) is 2.47. The molecule has 77 valence electrons. The number of halogens is 1. The Bertz CT molecular complexity index is 296. The van der Waals surface area contributed by atoms with E-state index in [0.29, 0.717) is 6.61 Å². The zero-order chi connectivity index (χ0) is 10.6. The molecule has 0 aliphatic carbocycles. The topological polar surface area (TPSA) is 9.23 Å². The zero-order valence-corrected chi connectivity index (χ0v) is 8.93. The van der Waals surface area contributed by atoms with E-state index in [1.165, 1.54) is 0 Å². The van der Waals surface area contributed by atoms with Gasteiger partial charge in [-0.05, 0) is 37.1 Å². The Labute approximate surface area is 84.9 Å². The summed E-state index contributed by atoms with van der Waals surface area (Å²) in [4.78, 5) is 0. The third-order valence-corrected chi connectivity index (χ3v) is 2.18. The van der Waals surface area contributed by atoms with Crippen LogP contribution in [0.4, 0.5) is 4.39 Å². The zero-order valence-electron chi connectivity index (χ0n) is 8.93. The van der Waals surface area contributed by atoms with E-state index in [4.69, 9.17) is 4.74 Å². The van der Waals surface area contributed by atoms with Crippen molar-refractivity contribution in [3.8, 4) is 5.75 Å². The molecule has 0 aliphatic heterocycles. The van der Waals surface area contributed by atoms with Crippen LogP contribution in [0, 0.1) is 12.8 Å². The molecular formula is C12H16FO. The number of rotatable bonds is 4. The first-order valence-electron chi connectivity index (χ1n) is 4.81. The van der Waals surface area contributed by atoms with Crippen LogP contribution in [0.3, 0.4) is 0 Å². The largest absolute Gasteiger partial charge is 0.494 e. The minimum atomic E-state index is -0.406. The summed E-state index contributed by atoms with van der Waals surface area (Å²) in [5.41, 5.74) is 2.04. The summed E-state index contributed by atoms with van der Waals surface area (Å²) in [6.07, 6.45) is 0. The second kappa shape index (κ2) is 4.99. The molecule has 0 aliphatic rings. The Hall–Kier alpha value is -1.05. The highest BCUT2D eigenvalue weighted by atomic mass is 19.1. The second-order valence-electron chi connectivity index (χ2n) is 3.32. The lowest BCUT2D eigenvalue weighted by Crippen LogP contribution is -2.01. The van der Waals surface area contributed by atoms with Gasteiger partial charge in [0.2, 0.25) is 0 Å². The Morgan fingerprint density at radius 2 is 2.14 bits per heavy atom. The lowest BCUT2D eigenvalue weighted by molar-refractivity contribution is 0.340. The van der Waals surface area contributed by atoms with Gasteiger partial charge in [0.15, 0.2) is 0 Å². The maximum atomic E-state index is 12.5. The number of alkyl halides is 1. The van der Waals surface area contributed by atoms with Crippen molar-refractivity contribution in [3.05, 3.63) is 35.2 Å². The molecule has 1 nitrogen and oxygen atoms in total. The lowest BCUT2D eigenvalue weighted by Gasteiger charge is -2.12. The van der Waals surface area contributed by atoms with Gasteiger partial charge >= 0.3 is 0 Å². The van der Waals surface area contributed by atoms with E-state index in [9.17, 15) is 4.39 Å². The van der Waals surface area contributed by atoms with Crippen LogP contribution >= 0.6 is 0 Å². The molecule has 0 fully saturated rings. The minimum absolute atomic E-state index is 0.406. The summed E-state index contributed by atoms with van der Waals surface area (Å²) in [6, 6.07) is 5.76. The molecule has 0 amide bonds. The number of ether oxygens (including phenoxy) is 1. The molecule has 0 heterocycles. The van der Waals surface area contributed by atoms with Gasteiger partial charge in [0.25, 0.3) is 0 Å². The van der Waals surface area contributed by atoms with Crippen molar-refractivity contribution < 1.29 is 9.13 Å². The highest BCUT2D eigenvalue weighted by Crippen LogP contribution is 2.24. The van der Waals surface area contributed by atoms with Crippen LogP contribution in [0.5, 0.6) is 5.75 Å². The van der Waals surface area contributed by atoms with E-state index in [-0.39, 0.29) is 0 Å². The molecule has 0 saturated carbocycles. The number of aryl methyl sites for hydroxylation is 1.